The molecular formula is C10H8F3NO2S2. The second-order valence-corrected chi connectivity index (χ2v) is 4.74. The number of thiazole rings is 1. The molecule has 0 saturated heterocycles. The highest BCUT2D eigenvalue weighted by molar-refractivity contribution is 7.12. The molecule has 3 nitrogen and oxygen atoms in total. The van der Waals surface area contributed by atoms with E-state index >= 15 is 0 Å². The highest BCUT2D eigenvalue weighted by atomic mass is 32.1. The standard InChI is InChI=1S/C6H6O2S.C4H2F3NS/c1-4-2-3-9-5(4)6(7)8;5-4(6,7)3-1-9-2-8-3/h2-3H,1H3,(H,7,8);1-2H. The molecule has 0 amide bonds. The summed E-state index contributed by atoms with van der Waals surface area (Å²) in [4.78, 5) is 13.8. The summed E-state index contributed by atoms with van der Waals surface area (Å²) in [6, 6.07) is 1.80. The van der Waals surface area contributed by atoms with Crippen LogP contribution < -0.4 is 0 Å². The predicted molar refractivity (Wildman–Crippen MR) is 63.1 cm³/mol. The fraction of sp³-hybridized carbons (Fsp3) is 0.200. The number of carboxylic acids is 1. The second-order valence-electron chi connectivity index (χ2n) is 3.11. The van der Waals surface area contributed by atoms with Crippen LogP contribution in [0.3, 0.4) is 0 Å². The van der Waals surface area contributed by atoms with Gasteiger partial charge in [-0.15, -0.1) is 22.7 Å². The van der Waals surface area contributed by atoms with E-state index in [1.54, 1.807) is 18.4 Å². The van der Waals surface area contributed by atoms with E-state index in [0.29, 0.717) is 4.88 Å². The number of alkyl halides is 3. The SMILES string of the molecule is Cc1ccsc1C(=O)O.FC(F)(F)c1cscn1. The summed E-state index contributed by atoms with van der Waals surface area (Å²) in [6.45, 7) is 1.79. The summed E-state index contributed by atoms with van der Waals surface area (Å²) >= 11 is 2.19. The minimum Gasteiger partial charge on any atom is -0.477 e. The van der Waals surface area contributed by atoms with Gasteiger partial charge in [-0.25, -0.2) is 9.78 Å². The largest absolute Gasteiger partial charge is 0.477 e. The maximum Gasteiger partial charge on any atom is 0.434 e. The number of hydrogen-bond donors (Lipinski definition) is 1. The molecule has 8 heteroatoms. The molecule has 0 saturated carbocycles. The molecule has 18 heavy (non-hydrogen) atoms. The summed E-state index contributed by atoms with van der Waals surface area (Å²) in [7, 11) is 0. The van der Waals surface area contributed by atoms with Crippen molar-refractivity contribution in [3.63, 3.8) is 0 Å². The van der Waals surface area contributed by atoms with Gasteiger partial charge >= 0.3 is 12.1 Å². The highest BCUT2D eigenvalue weighted by Crippen LogP contribution is 2.28. The predicted octanol–water partition coefficient (Wildman–Crippen LogP) is 3.92. The third-order valence-electron chi connectivity index (χ3n) is 1.78. The minimum atomic E-state index is -4.28. The zero-order chi connectivity index (χ0) is 13.8. The van der Waals surface area contributed by atoms with Gasteiger partial charge in [0.1, 0.15) is 4.88 Å². The molecule has 0 radical (unpaired) electrons. The lowest BCUT2D eigenvalue weighted by Gasteiger charge is -1.98. The maximum absolute atomic E-state index is 11.6. The maximum atomic E-state index is 11.6. The Kier molecular flexibility index (Phi) is 4.85. The van der Waals surface area contributed by atoms with Crippen LogP contribution >= 0.6 is 22.7 Å². The Balaban J connectivity index is 0.000000180. The topological polar surface area (TPSA) is 50.2 Å². The number of halogens is 3. The number of aromatic carboxylic acids is 1. The molecule has 0 atom stereocenters. The fourth-order valence-corrected chi connectivity index (χ4v) is 2.27. The molecule has 0 unspecified atom stereocenters. The van der Waals surface area contributed by atoms with Gasteiger partial charge < -0.3 is 5.11 Å². The molecular weight excluding hydrogens is 287 g/mol. The molecule has 2 heterocycles. The van der Waals surface area contributed by atoms with E-state index in [1.807, 2.05) is 0 Å². The molecule has 0 aromatic carbocycles. The molecule has 2 aromatic rings. The first-order valence-corrected chi connectivity index (χ1v) is 6.37. The number of thiophene rings is 1. The molecule has 0 aliphatic carbocycles. The van der Waals surface area contributed by atoms with Crippen molar-refractivity contribution in [2.24, 2.45) is 0 Å². The van der Waals surface area contributed by atoms with Gasteiger partial charge in [0.25, 0.3) is 0 Å². The fourth-order valence-electron chi connectivity index (χ4n) is 0.944. The number of rotatable bonds is 1. The average molecular weight is 295 g/mol. The lowest BCUT2D eigenvalue weighted by Crippen LogP contribution is -2.04. The van der Waals surface area contributed by atoms with Gasteiger partial charge in [-0.2, -0.15) is 13.2 Å². The Bertz CT molecular complexity index is 505. The van der Waals surface area contributed by atoms with Gasteiger partial charge in [-0.3, -0.25) is 0 Å². The van der Waals surface area contributed by atoms with Gasteiger partial charge in [0.2, 0.25) is 0 Å². The lowest BCUT2D eigenvalue weighted by atomic mass is 10.3. The van der Waals surface area contributed by atoms with Crippen molar-refractivity contribution in [2.45, 2.75) is 13.1 Å². The summed E-state index contributed by atoms with van der Waals surface area (Å²) in [5.74, 6) is -0.831. The van der Waals surface area contributed by atoms with E-state index in [4.69, 9.17) is 5.11 Å². The highest BCUT2D eigenvalue weighted by Gasteiger charge is 2.32. The van der Waals surface area contributed by atoms with E-state index in [-0.39, 0.29) is 0 Å². The van der Waals surface area contributed by atoms with Crippen molar-refractivity contribution in [3.8, 4) is 0 Å². The first-order valence-electron chi connectivity index (χ1n) is 4.55. The normalized spacial score (nSPS) is 10.7. The molecule has 2 rings (SSSR count). The number of carboxylic acid groups (broad SMARTS) is 1. The molecule has 0 bridgehead atoms. The quantitative estimate of drug-likeness (QED) is 0.867. The zero-order valence-electron chi connectivity index (χ0n) is 9.06. The van der Waals surface area contributed by atoms with E-state index in [0.717, 1.165) is 27.8 Å². The van der Waals surface area contributed by atoms with Crippen LogP contribution in [0.5, 0.6) is 0 Å². The zero-order valence-corrected chi connectivity index (χ0v) is 10.7. The lowest BCUT2D eigenvalue weighted by molar-refractivity contribution is -0.140. The van der Waals surface area contributed by atoms with Crippen molar-refractivity contribution in [2.75, 3.05) is 0 Å². The minimum absolute atomic E-state index is 0.440. The van der Waals surface area contributed by atoms with Crippen molar-refractivity contribution >= 4 is 28.6 Å². The Morgan fingerprint density at radius 3 is 2.33 bits per heavy atom. The summed E-state index contributed by atoms with van der Waals surface area (Å²) in [5.41, 5.74) is 1.18. The van der Waals surface area contributed by atoms with Crippen molar-refractivity contribution in [1.29, 1.82) is 0 Å². The molecule has 0 fully saturated rings. The molecule has 0 aliphatic heterocycles. The number of nitrogens with zero attached hydrogens (tertiary/aromatic N) is 1. The van der Waals surface area contributed by atoms with Gasteiger partial charge in [0, 0.05) is 5.38 Å². The third-order valence-corrected chi connectivity index (χ3v) is 3.37. The van der Waals surface area contributed by atoms with Crippen molar-refractivity contribution in [3.05, 3.63) is 38.5 Å². The number of carbonyl (C=O) groups is 1. The van der Waals surface area contributed by atoms with Gasteiger partial charge in [-0.05, 0) is 23.9 Å². The smallest absolute Gasteiger partial charge is 0.434 e. The van der Waals surface area contributed by atoms with Gasteiger partial charge in [0.15, 0.2) is 5.69 Å². The Morgan fingerprint density at radius 2 is 2.11 bits per heavy atom. The molecule has 0 aliphatic rings. The Labute approximate surface area is 109 Å². The van der Waals surface area contributed by atoms with Crippen LogP contribution in [0.25, 0.3) is 0 Å². The first kappa shape index (κ1) is 14.7. The molecule has 0 spiro atoms. The summed E-state index contributed by atoms with van der Waals surface area (Å²) < 4.78 is 34.7. The van der Waals surface area contributed by atoms with Crippen LogP contribution in [-0.2, 0) is 6.18 Å². The van der Waals surface area contributed by atoms with Crippen LogP contribution in [0.4, 0.5) is 13.2 Å². The second kappa shape index (κ2) is 5.96. The van der Waals surface area contributed by atoms with E-state index in [2.05, 4.69) is 4.98 Å². The van der Waals surface area contributed by atoms with Crippen LogP contribution in [-0.4, -0.2) is 16.1 Å². The summed E-state index contributed by atoms with van der Waals surface area (Å²) in [6.07, 6.45) is -4.28. The van der Waals surface area contributed by atoms with E-state index < -0.39 is 17.8 Å². The van der Waals surface area contributed by atoms with Gasteiger partial charge in [-0.1, -0.05) is 0 Å². The monoisotopic (exact) mass is 295 g/mol. The van der Waals surface area contributed by atoms with Gasteiger partial charge in [0.05, 0.1) is 5.51 Å². The van der Waals surface area contributed by atoms with Crippen LogP contribution in [0, 0.1) is 6.92 Å². The van der Waals surface area contributed by atoms with Crippen molar-refractivity contribution < 1.29 is 23.1 Å². The molecule has 2 aromatic heterocycles. The van der Waals surface area contributed by atoms with Crippen LogP contribution in [0.2, 0.25) is 0 Å². The first-order chi connectivity index (χ1) is 8.32. The summed E-state index contributed by atoms with van der Waals surface area (Å²) in [5, 5.41) is 11.2. The molecule has 98 valence electrons. The third kappa shape index (κ3) is 4.11. The Hall–Kier alpha value is -1.41. The van der Waals surface area contributed by atoms with E-state index in [9.17, 15) is 18.0 Å². The number of aromatic nitrogens is 1. The van der Waals surface area contributed by atoms with E-state index in [1.165, 1.54) is 11.3 Å². The molecule has 1 N–H and O–H groups in total. The number of aryl methyl sites for hydroxylation is 1. The Morgan fingerprint density at radius 1 is 1.44 bits per heavy atom. The van der Waals surface area contributed by atoms with Crippen molar-refractivity contribution in [1.82, 2.24) is 4.98 Å². The number of hydrogen-bond acceptors (Lipinski definition) is 4. The van der Waals surface area contributed by atoms with Crippen LogP contribution in [0.1, 0.15) is 20.9 Å². The average Bonchev–Trinajstić information content (AvgIpc) is 2.85. The van der Waals surface area contributed by atoms with Crippen LogP contribution in [0.15, 0.2) is 22.3 Å².